The second-order valence-corrected chi connectivity index (χ2v) is 8.00. The normalized spacial score (nSPS) is 13.4. The fourth-order valence-corrected chi connectivity index (χ4v) is 4.60. The molecule has 0 radical (unpaired) electrons. The Labute approximate surface area is 161 Å². The Morgan fingerprint density at radius 2 is 2.00 bits per heavy atom. The molecule has 8 nitrogen and oxygen atoms in total. The first-order chi connectivity index (χ1) is 13.0. The van der Waals surface area contributed by atoms with Crippen molar-refractivity contribution in [2.75, 3.05) is 13.9 Å². The molecule has 0 spiro atoms. The molecule has 0 atom stereocenters. The van der Waals surface area contributed by atoms with Gasteiger partial charge in [0.05, 0.1) is 28.0 Å². The van der Waals surface area contributed by atoms with Gasteiger partial charge in [-0.05, 0) is 13.8 Å². The number of aromatic nitrogens is 2. The Bertz CT molecular complexity index is 1140. The smallest absolute Gasteiger partial charge is 0.325 e. The zero-order valence-electron chi connectivity index (χ0n) is 14.8. The molecule has 10 heteroatoms. The van der Waals surface area contributed by atoms with E-state index in [0.29, 0.717) is 26.9 Å². The Balaban J connectivity index is 1.88. The largest absolute Gasteiger partial charge is 0.468 e. The maximum Gasteiger partial charge on any atom is 0.325 e. The molecule has 0 unspecified atom stereocenters. The molecular weight excluding hydrogens is 390 g/mol. The van der Waals surface area contributed by atoms with Crippen molar-refractivity contribution in [2.24, 2.45) is 4.99 Å². The van der Waals surface area contributed by atoms with Crippen molar-refractivity contribution >= 4 is 44.8 Å². The molecule has 1 aliphatic heterocycles. The number of benzene rings is 1. The van der Waals surface area contributed by atoms with Crippen molar-refractivity contribution in [1.82, 2.24) is 9.55 Å². The van der Waals surface area contributed by atoms with Crippen molar-refractivity contribution in [3.63, 3.8) is 0 Å². The van der Waals surface area contributed by atoms with E-state index in [9.17, 15) is 9.59 Å². The molecule has 1 aromatic carbocycles. The van der Waals surface area contributed by atoms with Crippen LogP contribution in [-0.4, -0.2) is 35.3 Å². The summed E-state index contributed by atoms with van der Waals surface area (Å²) in [5, 5.41) is 0.801. The van der Waals surface area contributed by atoms with Gasteiger partial charge in [-0.15, -0.1) is 11.3 Å². The number of ether oxygens (including phenoxy) is 3. The lowest BCUT2D eigenvalue weighted by atomic mass is 10.3. The third kappa shape index (κ3) is 3.21. The molecule has 0 N–H and O–H groups in total. The number of fused-ring (bicyclic) bond motifs is 2. The van der Waals surface area contributed by atoms with E-state index in [-0.39, 0.29) is 19.2 Å². The van der Waals surface area contributed by atoms with Gasteiger partial charge >= 0.3 is 5.97 Å². The highest BCUT2D eigenvalue weighted by Crippen LogP contribution is 2.37. The lowest BCUT2D eigenvalue weighted by Crippen LogP contribution is -2.22. The van der Waals surface area contributed by atoms with E-state index in [4.69, 9.17) is 14.2 Å². The van der Waals surface area contributed by atoms with Crippen LogP contribution >= 0.6 is 22.7 Å². The second kappa shape index (κ2) is 6.78. The molecule has 0 saturated heterocycles. The standard InChI is InChI=1S/C17H15N3O5S2/c1-8-15(26-9(2)18-8)16(22)19-17-20(6-14(21)23-3)10-4-11-12(25-7-24-11)5-13(10)27-17/h4-5H,6-7H2,1-3H3. The summed E-state index contributed by atoms with van der Waals surface area (Å²) >= 11 is 2.59. The van der Waals surface area contributed by atoms with E-state index >= 15 is 0 Å². The molecule has 0 bridgehead atoms. The van der Waals surface area contributed by atoms with Crippen LogP contribution in [0.5, 0.6) is 11.5 Å². The SMILES string of the molecule is COC(=O)Cn1c(=NC(=O)c2sc(C)nc2C)sc2cc3c(cc21)OCO3. The fourth-order valence-electron chi connectivity index (χ4n) is 2.76. The zero-order chi connectivity index (χ0) is 19.1. The molecule has 1 aliphatic rings. The quantitative estimate of drug-likeness (QED) is 0.622. The third-order valence-corrected chi connectivity index (χ3v) is 6.09. The van der Waals surface area contributed by atoms with E-state index in [2.05, 4.69) is 9.98 Å². The van der Waals surface area contributed by atoms with Gasteiger partial charge in [-0.3, -0.25) is 9.59 Å². The highest BCUT2D eigenvalue weighted by atomic mass is 32.1. The number of hydrogen-bond donors (Lipinski definition) is 0. The van der Waals surface area contributed by atoms with Gasteiger partial charge in [0.2, 0.25) is 6.79 Å². The number of methoxy groups -OCH3 is 1. The van der Waals surface area contributed by atoms with Crippen LogP contribution in [0.15, 0.2) is 17.1 Å². The number of esters is 1. The number of hydrogen-bond acceptors (Lipinski definition) is 8. The molecule has 2 aromatic heterocycles. The van der Waals surface area contributed by atoms with Crippen LogP contribution in [0.3, 0.4) is 0 Å². The number of aryl methyl sites for hydroxylation is 2. The molecular formula is C17H15N3O5S2. The first-order valence-corrected chi connectivity index (χ1v) is 9.62. The molecule has 1 amide bonds. The maximum absolute atomic E-state index is 12.7. The number of thiazole rings is 2. The molecule has 0 aliphatic carbocycles. The summed E-state index contributed by atoms with van der Waals surface area (Å²) in [6.07, 6.45) is 0. The van der Waals surface area contributed by atoms with Gasteiger partial charge in [-0.1, -0.05) is 11.3 Å². The predicted molar refractivity (Wildman–Crippen MR) is 99.4 cm³/mol. The van der Waals surface area contributed by atoms with Crippen LogP contribution in [0.25, 0.3) is 10.2 Å². The minimum Gasteiger partial charge on any atom is -0.468 e. The average molecular weight is 405 g/mol. The molecule has 27 heavy (non-hydrogen) atoms. The Morgan fingerprint density at radius 1 is 1.26 bits per heavy atom. The summed E-state index contributed by atoms with van der Waals surface area (Å²) in [5.74, 6) is 0.390. The van der Waals surface area contributed by atoms with E-state index in [1.54, 1.807) is 17.6 Å². The topological polar surface area (TPSA) is 92.0 Å². The van der Waals surface area contributed by atoms with E-state index in [0.717, 1.165) is 15.2 Å². The summed E-state index contributed by atoms with van der Waals surface area (Å²) in [4.78, 5) is 34.0. The van der Waals surface area contributed by atoms with Gasteiger partial charge < -0.3 is 18.8 Å². The van der Waals surface area contributed by atoms with Crippen molar-refractivity contribution in [1.29, 1.82) is 0 Å². The highest BCUT2D eigenvalue weighted by Gasteiger charge is 2.20. The summed E-state index contributed by atoms with van der Waals surface area (Å²) in [5.41, 5.74) is 1.37. The Hall–Kier alpha value is -2.72. The second-order valence-electron chi connectivity index (χ2n) is 5.78. The Kier molecular flexibility index (Phi) is 4.44. The first-order valence-electron chi connectivity index (χ1n) is 7.99. The number of nitrogens with zero attached hydrogens (tertiary/aromatic N) is 3. The van der Waals surface area contributed by atoms with Crippen LogP contribution < -0.4 is 14.3 Å². The predicted octanol–water partition coefficient (Wildman–Crippen LogP) is 2.42. The van der Waals surface area contributed by atoms with Gasteiger partial charge in [0.25, 0.3) is 5.91 Å². The van der Waals surface area contributed by atoms with Gasteiger partial charge in [0, 0.05) is 12.1 Å². The van der Waals surface area contributed by atoms with Crippen LogP contribution in [0.2, 0.25) is 0 Å². The fraction of sp³-hybridized carbons (Fsp3) is 0.294. The number of amides is 1. The van der Waals surface area contributed by atoms with Gasteiger partial charge in [-0.25, -0.2) is 4.98 Å². The third-order valence-electron chi connectivity index (χ3n) is 3.99. The highest BCUT2D eigenvalue weighted by molar-refractivity contribution is 7.16. The zero-order valence-corrected chi connectivity index (χ0v) is 16.4. The van der Waals surface area contributed by atoms with Gasteiger partial charge in [0.1, 0.15) is 11.4 Å². The van der Waals surface area contributed by atoms with Crippen LogP contribution in [-0.2, 0) is 16.1 Å². The lowest BCUT2D eigenvalue weighted by molar-refractivity contribution is -0.141. The van der Waals surface area contributed by atoms with E-state index in [1.807, 2.05) is 13.0 Å². The minimum absolute atomic E-state index is 0.0665. The van der Waals surface area contributed by atoms with E-state index in [1.165, 1.54) is 29.8 Å². The van der Waals surface area contributed by atoms with Gasteiger partial charge in [-0.2, -0.15) is 4.99 Å². The van der Waals surface area contributed by atoms with Crippen molar-refractivity contribution in [3.05, 3.63) is 32.5 Å². The maximum atomic E-state index is 12.7. The summed E-state index contributed by atoms with van der Waals surface area (Å²) in [7, 11) is 1.32. The van der Waals surface area contributed by atoms with Crippen molar-refractivity contribution in [3.8, 4) is 11.5 Å². The monoisotopic (exact) mass is 405 g/mol. The van der Waals surface area contributed by atoms with E-state index < -0.39 is 5.97 Å². The van der Waals surface area contributed by atoms with Crippen LogP contribution in [0, 0.1) is 13.8 Å². The van der Waals surface area contributed by atoms with Crippen molar-refractivity contribution in [2.45, 2.75) is 20.4 Å². The van der Waals surface area contributed by atoms with Crippen LogP contribution in [0.4, 0.5) is 0 Å². The van der Waals surface area contributed by atoms with Crippen molar-refractivity contribution < 1.29 is 23.8 Å². The average Bonchev–Trinajstić information content (AvgIpc) is 3.30. The summed E-state index contributed by atoms with van der Waals surface area (Å²) in [6.45, 7) is 3.71. The van der Waals surface area contributed by atoms with Gasteiger partial charge in [0.15, 0.2) is 16.3 Å². The summed E-state index contributed by atoms with van der Waals surface area (Å²) in [6, 6.07) is 3.60. The number of carbonyl (C=O) groups is 2. The Morgan fingerprint density at radius 3 is 2.67 bits per heavy atom. The first kappa shape index (κ1) is 17.7. The number of rotatable bonds is 3. The molecule has 3 heterocycles. The molecule has 4 rings (SSSR count). The molecule has 0 saturated carbocycles. The lowest BCUT2D eigenvalue weighted by Gasteiger charge is -2.04. The molecule has 140 valence electrons. The summed E-state index contributed by atoms with van der Waals surface area (Å²) < 4.78 is 18.1. The molecule has 3 aromatic rings. The molecule has 0 fully saturated rings. The minimum atomic E-state index is -0.439. The van der Waals surface area contributed by atoms with Crippen LogP contribution in [0.1, 0.15) is 20.4 Å². The number of carbonyl (C=O) groups excluding carboxylic acids is 2.